The molecule has 2 heterocycles. The highest BCUT2D eigenvalue weighted by molar-refractivity contribution is 5.79. The van der Waals surface area contributed by atoms with Crippen LogP contribution in [0.25, 0.3) is 22.5 Å². The third-order valence-corrected chi connectivity index (χ3v) is 5.17. The molecule has 0 aliphatic rings. The lowest BCUT2D eigenvalue weighted by Gasteiger charge is -2.26. The van der Waals surface area contributed by atoms with E-state index in [1.807, 2.05) is 48.5 Å². The Labute approximate surface area is 186 Å². The Morgan fingerprint density at radius 2 is 0.969 bits per heavy atom. The first-order valence-electron chi connectivity index (χ1n) is 10.2. The van der Waals surface area contributed by atoms with Crippen molar-refractivity contribution < 1.29 is 0 Å². The first-order valence-corrected chi connectivity index (χ1v) is 10.2. The maximum Gasteiger partial charge on any atom is 0.162 e. The lowest BCUT2D eigenvalue weighted by Crippen LogP contribution is -2.10. The van der Waals surface area contributed by atoms with E-state index in [4.69, 9.17) is 5.73 Å². The molecule has 2 aromatic heterocycles. The summed E-state index contributed by atoms with van der Waals surface area (Å²) in [5.41, 5.74) is 12.9. The molecule has 5 rings (SSSR count). The van der Waals surface area contributed by atoms with Crippen molar-refractivity contribution in [1.29, 1.82) is 0 Å². The van der Waals surface area contributed by atoms with Gasteiger partial charge in [-0.25, -0.2) is 15.0 Å². The van der Waals surface area contributed by atoms with Crippen LogP contribution >= 0.6 is 0 Å². The second-order valence-electron chi connectivity index (χ2n) is 7.22. The van der Waals surface area contributed by atoms with Gasteiger partial charge in [0.15, 0.2) is 5.82 Å². The summed E-state index contributed by atoms with van der Waals surface area (Å²) in [5, 5.41) is 0. The van der Waals surface area contributed by atoms with Crippen LogP contribution in [-0.4, -0.2) is 19.9 Å². The lowest BCUT2D eigenvalue weighted by molar-refractivity contribution is 1.06. The number of nitrogens with two attached hydrogens (primary N) is 1. The van der Waals surface area contributed by atoms with Crippen molar-refractivity contribution in [2.45, 2.75) is 0 Å². The van der Waals surface area contributed by atoms with Gasteiger partial charge in [-0.15, -0.1) is 0 Å². The molecular weight excluding hydrogens is 396 g/mol. The molecular formula is C26H20N6. The van der Waals surface area contributed by atoms with Crippen LogP contribution in [0.3, 0.4) is 0 Å². The summed E-state index contributed by atoms with van der Waals surface area (Å²) >= 11 is 0. The van der Waals surface area contributed by atoms with Crippen molar-refractivity contribution in [2.75, 3.05) is 10.6 Å². The summed E-state index contributed by atoms with van der Waals surface area (Å²) in [6.45, 7) is 0. The van der Waals surface area contributed by atoms with Crippen molar-refractivity contribution in [3.05, 3.63) is 110 Å². The monoisotopic (exact) mass is 416 g/mol. The number of nitrogen functional groups attached to an aromatic ring is 1. The minimum atomic E-state index is 0.646. The second kappa shape index (κ2) is 8.65. The van der Waals surface area contributed by atoms with Gasteiger partial charge in [-0.2, -0.15) is 0 Å². The van der Waals surface area contributed by atoms with Gasteiger partial charge >= 0.3 is 0 Å². The maximum absolute atomic E-state index is 5.93. The van der Waals surface area contributed by atoms with Crippen molar-refractivity contribution in [3.8, 4) is 22.5 Å². The predicted octanol–water partition coefficient (Wildman–Crippen LogP) is 5.65. The fraction of sp³-hybridized carbons (Fsp3) is 0. The standard InChI is InChI=1S/C26H20N6/c27-22-5-11-25(12-6-22)32(23-7-1-19(2-8-23)20-13-15-28-16-14-20)24-9-3-21(4-10-24)26-30-17-29-18-31-26/h1-18H,27H2. The Morgan fingerprint density at radius 3 is 1.53 bits per heavy atom. The van der Waals surface area contributed by atoms with Crippen LogP contribution in [0, 0.1) is 0 Å². The molecule has 0 spiro atoms. The highest BCUT2D eigenvalue weighted by Gasteiger charge is 2.13. The number of aromatic nitrogens is 4. The smallest absolute Gasteiger partial charge is 0.162 e. The molecule has 0 aliphatic carbocycles. The van der Waals surface area contributed by atoms with E-state index < -0.39 is 0 Å². The fourth-order valence-corrected chi connectivity index (χ4v) is 3.57. The highest BCUT2D eigenvalue weighted by atomic mass is 15.1. The Balaban J connectivity index is 1.53. The van der Waals surface area contributed by atoms with Crippen molar-refractivity contribution in [1.82, 2.24) is 19.9 Å². The van der Waals surface area contributed by atoms with Crippen LogP contribution in [0.15, 0.2) is 110 Å². The van der Waals surface area contributed by atoms with Gasteiger partial charge in [-0.05, 0) is 83.9 Å². The number of rotatable bonds is 5. The molecule has 0 radical (unpaired) electrons. The molecule has 0 fully saturated rings. The van der Waals surface area contributed by atoms with Crippen molar-refractivity contribution >= 4 is 22.7 Å². The summed E-state index contributed by atoms with van der Waals surface area (Å²) < 4.78 is 0. The molecule has 154 valence electrons. The number of hydrogen-bond donors (Lipinski definition) is 1. The Hall–Kier alpha value is -4.58. The van der Waals surface area contributed by atoms with Crippen LogP contribution in [0.4, 0.5) is 22.7 Å². The zero-order chi connectivity index (χ0) is 21.8. The van der Waals surface area contributed by atoms with E-state index in [9.17, 15) is 0 Å². The molecule has 0 bridgehead atoms. The molecule has 6 nitrogen and oxygen atoms in total. The predicted molar refractivity (Wildman–Crippen MR) is 128 cm³/mol. The number of benzene rings is 3. The van der Waals surface area contributed by atoms with Crippen LogP contribution in [0.2, 0.25) is 0 Å². The SMILES string of the molecule is Nc1ccc(N(c2ccc(-c3ccncc3)cc2)c2ccc(-c3ncncn3)cc2)cc1. The first kappa shape index (κ1) is 19.4. The third-order valence-electron chi connectivity index (χ3n) is 5.17. The normalized spacial score (nSPS) is 10.6. The van der Waals surface area contributed by atoms with Crippen molar-refractivity contribution in [2.24, 2.45) is 0 Å². The molecule has 0 amide bonds. The van der Waals surface area contributed by atoms with Crippen LogP contribution < -0.4 is 10.6 Å². The number of pyridine rings is 1. The number of nitrogens with zero attached hydrogens (tertiary/aromatic N) is 5. The molecule has 2 N–H and O–H groups in total. The molecule has 6 heteroatoms. The topological polar surface area (TPSA) is 80.8 Å². The molecule has 0 atom stereocenters. The van der Waals surface area contributed by atoms with Crippen LogP contribution in [-0.2, 0) is 0 Å². The van der Waals surface area contributed by atoms with E-state index in [1.54, 1.807) is 12.4 Å². The third kappa shape index (κ3) is 4.02. The van der Waals surface area contributed by atoms with E-state index >= 15 is 0 Å². The van der Waals surface area contributed by atoms with E-state index in [1.165, 1.54) is 12.7 Å². The molecule has 3 aromatic carbocycles. The number of hydrogen-bond acceptors (Lipinski definition) is 6. The summed E-state index contributed by atoms with van der Waals surface area (Å²) in [5.74, 6) is 0.646. The first-order chi connectivity index (χ1) is 15.8. The zero-order valence-electron chi connectivity index (χ0n) is 17.2. The minimum Gasteiger partial charge on any atom is -0.399 e. The molecule has 0 saturated carbocycles. The highest BCUT2D eigenvalue weighted by Crippen LogP contribution is 2.36. The summed E-state index contributed by atoms with van der Waals surface area (Å²) in [6, 6.07) is 28.5. The molecule has 0 saturated heterocycles. The minimum absolute atomic E-state index is 0.646. The molecule has 0 unspecified atom stereocenters. The van der Waals surface area contributed by atoms with Gasteiger partial charge in [0, 0.05) is 40.7 Å². The quantitative estimate of drug-likeness (QED) is 0.373. The summed E-state index contributed by atoms with van der Waals surface area (Å²) in [6.07, 6.45) is 6.61. The van der Waals surface area contributed by atoms with E-state index in [-0.39, 0.29) is 0 Å². The Kier molecular flexibility index (Phi) is 5.24. The molecule has 32 heavy (non-hydrogen) atoms. The van der Waals surface area contributed by atoms with Gasteiger partial charge in [0.25, 0.3) is 0 Å². The Bertz CT molecular complexity index is 1200. The summed E-state index contributed by atoms with van der Waals surface area (Å²) in [7, 11) is 0. The van der Waals surface area contributed by atoms with E-state index in [0.717, 1.165) is 39.4 Å². The van der Waals surface area contributed by atoms with E-state index in [0.29, 0.717) is 5.82 Å². The van der Waals surface area contributed by atoms with Gasteiger partial charge in [0.1, 0.15) is 12.7 Å². The van der Waals surface area contributed by atoms with E-state index in [2.05, 4.69) is 61.2 Å². The Morgan fingerprint density at radius 1 is 0.500 bits per heavy atom. The van der Waals surface area contributed by atoms with Gasteiger partial charge < -0.3 is 10.6 Å². The largest absolute Gasteiger partial charge is 0.399 e. The molecule has 5 aromatic rings. The second-order valence-corrected chi connectivity index (χ2v) is 7.22. The zero-order valence-corrected chi connectivity index (χ0v) is 17.2. The lowest BCUT2D eigenvalue weighted by atomic mass is 10.1. The summed E-state index contributed by atoms with van der Waals surface area (Å²) in [4.78, 5) is 18.6. The van der Waals surface area contributed by atoms with Gasteiger partial charge in [-0.3, -0.25) is 4.98 Å². The molecule has 0 aliphatic heterocycles. The maximum atomic E-state index is 5.93. The average molecular weight is 416 g/mol. The van der Waals surface area contributed by atoms with Gasteiger partial charge in [0.05, 0.1) is 0 Å². The van der Waals surface area contributed by atoms with Crippen LogP contribution in [0.5, 0.6) is 0 Å². The van der Waals surface area contributed by atoms with Crippen molar-refractivity contribution in [3.63, 3.8) is 0 Å². The van der Waals surface area contributed by atoms with Gasteiger partial charge in [-0.1, -0.05) is 12.1 Å². The van der Waals surface area contributed by atoms with Gasteiger partial charge in [0.2, 0.25) is 0 Å². The fourth-order valence-electron chi connectivity index (χ4n) is 3.57. The number of anilines is 4. The van der Waals surface area contributed by atoms with Crippen LogP contribution in [0.1, 0.15) is 0 Å². The average Bonchev–Trinajstić information content (AvgIpc) is 2.87.